The summed E-state index contributed by atoms with van der Waals surface area (Å²) in [6.45, 7) is 12.3. The van der Waals surface area contributed by atoms with Gasteiger partial charge in [-0.3, -0.25) is 0 Å². The topological polar surface area (TPSA) is 76.0 Å². The van der Waals surface area contributed by atoms with E-state index >= 15 is 0 Å². The molecule has 0 aliphatic rings. The van der Waals surface area contributed by atoms with Gasteiger partial charge in [-0.1, -0.05) is 30.3 Å². The molecule has 1 aromatic carbocycles. The Bertz CT molecular complexity index is 392. The van der Waals surface area contributed by atoms with Crippen LogP contribution in [-0.4, -0.2) is 47.7 Å². The molecule has 0 fully saturated rings. The molecule has 1 atom stereocenters. The van der Waals surface area contributed by atoms with Crippen LogP contribution < -0.4 is 0 Å². The monoisotopic (exact) mass is 356 g/mol. The number of rotatable bonds is 8. The highest BCUT2D eigenvalue weighted by atomic mass is 16.7. The van der Waals surface area contributed by atoms with E-state index in [2.05, 4.69) is 0 Å². The van der Waals surface area contributed by atoms with Crippen LogP contribution in [0.25, 0.3) is 0 Å². The molecular formula is C20H36O5. The summed E-state index contributed by atoms with van der Waals surface area (Å²) >= 11 is 0. The van der Waals surface area contributed by atoms with Gasteiger partial charge in [0.25, 0.3) is 0 Å². The average molecular weight is 357 g/mol. The Morgan fingerprint density at radius 1 is 1.08 bits per heavy atom. The van der Waals surface area contributed by atoms with Crippen LogP contribution in [0.15, 0.2) is 30.3 Å². The van der Waals surface area contributed by atoms with Gasteiger partial charge in [0.1, 0.15) is 6.29 Å². The standard InChI is InChI=1S/C8H8O.2C6H14O2/c9-7-6-8-4-2-1-3-5-8;1-5(7)4-6(2,3)8;1-4-7-6(3)8-5-2/h1-5,7H,6H2;5,7-8H,4H2,1-3H3;6H,4-5H2,1-3H3. The van der Waals surface area contributed by atoms with Crippen LogP contribution in [0.5, 0.6) is 0 Å². The second kappa shape index (κ2) is 16.2. The number of aldehydes is 1. The summed E-state index contributed by atoms with van der Waals surface area (Å²) in [7, 11) is 0. The Balaban J connectivity index is 0. The lowest BCUT2D eigenvalue weighted by atomic mass is 10.0. The van der Waals surface area contributed by atoms with E-state index in [4.69, 9.17) is 19.7 Å². The highest BCUT2D eigenvalue weighted by Crippen LogP contribution is 2.09. The molecule has 1 rings (SSSR count). The SMILES string of the molecule is CC(O)CC(C)(C)O.CCOC(C)OCC.O=CCc1ccccc1. The van der Waals surface area contributed by atoms with Crippen molar-refractivity contribution >= 4 is 6.29 Å². The van der Waals surface area contributed by atoms with Gasteiger partial charge in [-0.15, -0.1) is 0 Å². The summed E-state index contributed by atoms with van der Waals surface area (Å²) < 4.78 is 10.1. The van der Waals surface area contributed by atoms with Crippen molar-refractivity contribution in [3.63, 3.8) is 0 Å². The van der Waals surface area contributed by atoms with Crippen molar-refractivity contribution in [3.05, 3.63) is 35.9 Å². The zero-order valence-electron chi connectivity index (χ0n) is 16.6. The highest BCUT2D eigenvalue weighted by Gasteiger charge is 2.14. The van der Waals surface area contributed by atoms with Crippen LogP contribution in [0.1, 0.15) is 53.5 Å². The Hall–Kier alpha value is -1.27. The Morgan fingerprint density at radius 3 is 1.84 bits per heavy atom. The summed E-state index contributed by atoms with van der Waals surface area (Å²) in [5.74, 6) is 0. The maximum Gasteiger partial charge on any atom is 0.154 e. The first-order valence-corrected chi connectivity index (χ1v) is 8.77. The minimum Gasteiger partial charge on any atom is -0.393 e. The zero-order chi connectivity index (χ0) is 19.7. The van der Waals surface area contributed by atoms with Crippen LogP contribution in [-0.2, 0) is 20.7 Å². The fourth-order valence-corrected chi connectivity index (χ4v) is 1.95. The quantitative estimate of drug-likeness (QED) is 0.552. The lowest BCUT2D eigenvalue weighted by molar-refractivity contribution is -0.123. The van der Waals surface area contributed by atoms with Gasteiger partial charge >= 0.3 is 0 Å². The first-order valence-electron chi connectivity index (χ1n) is 8.77. The molecule has 0 heterocycles. The van der Waals surface area contributed by atoms with Crippen molar-refractivity contribution in [3.8, 4) is 0 Å². The molecule has 0 aliphatic carbocycles. The molecule has 5 heteroatoms. The van der Waals surface area contributed by atoms with Gasteiger partial charge < -0.3 is 24.5 Å². The average Bonchev–Trinajstić information content (AvgIpc) is 2.48. The molecule has 25 heavy (non-hydrogen) atoms. The first kappa shape index (κ1) is 26.0. The van der Waals surface area contributed by atoms with Gasteiger partial charge in [0.15, 0.2) is 6.29 Å². The Kier molecular flexibility index (Phi) is 16.8. The summed E-state index contributed by atoms with van der Waals surface area (Å²) in [4.78, 5) is 9.97. The van der Waals surface area contributed by atoms with E-state index in [1.807, 2.05) is 51.1 Å². The second-order valence-corrected chi connectivity index (χ2v) is 6.20. The predicted molar refractivity (Wildman–Crippen MR) is 102 cm³/mol. The van der Waals surface area contributed by atoms with Crippen molar-refractivity contribution in [2.45, 2.75) is 72.4 Å². The number of aliphatic hydroxyl groups is 2. The van der Waals surface area contributed by atoms with Crippen LogP contribution in [0.3, 0.4) is 0 Å². The van der Waals surface area contributed by atoms with E-state index in [1.165, 1.54) is 0 Å². The molecular weight excluding hydrogens is 320 g/mol. The van der Waals surface area contributed by atoms with Gasteiger partial charge in [-0.05, 0) is 47.1 Å². The molecule has 0 spiro atoms. The summed E-state index contributed by atoms with van der Waals surface area (Å²) in [5.41, 5.74) is 0.348. The maximum atomic E-state index is 9.97. The fraction of sp³-hybridized carbons (Fsp3) is 0.650. The van der Waals surface area contributed by atoms with E-state index in [0.29, 0.717) is 12.8 Å². The van der Waals surface area contributed by atoms with Crippen molar-refractivity contribution < 1.29 is 24.5 Å². The predicted octanol–water partition coefficient (Wildman–Crippen LogP) is 3.36. The second-order valence-electron chi connectivity index (χ2n) is 6.20. The van der Waals surface area contributed by atoms with E-state index in [9.17, 15) is 4.79 Å². The molecule has 1 aromatic rings. The first-order chi connectivity index (χ1) is 11.7. The van der Waals surface area contributed by atoms with Crippen molar-refractivity contribution in [2.75, 3.05) is 13.2 Å². The number of hydrogen-bond acceptors (Lipinski definition) is 5. The molecule has 0 amide bonds. The van der Waals surface area contributed by atoms with Crippen LogP contribution in [0, 0.1) is 0 Å². The molecule has 2 N–H and O–H groups in total. The molecule has 1 unspecified atom stereocenters. The van der Waals surface area contributed by atoms with E-state index in [-0.39, 0.29) is 6.29 Å². The Morgan fingerprint density at radius 2 is 1.56 bits per heavy atom. The third kappa shape index (κ3) is 22.7. The van der Waals surface area contributed by atoms with Crippen molar-refractivity contribution in [1.82, 2.24) is 0 Å². The molecule has 0 radical (unpaired) electrons. The van der Waals surface area contributed by atoms with Gasteiger partial charge in [-0.2, -0.15) is 0 Å². The minimum atomic E-state index is -0.728. The van der Waals surface area contributed by atoms with Gasteiger partial charge in [0, 0.05) is 26.1 Å². The molecule has 146 valence electrons. The van der Waals surface area contributed by atoms with Gasteiger partial charge in [0.2, 0.25) is 0 Å². The van der Waals surface area contributed by atoms with Crippen LogP contribution >= 0.6 is 0 Å². The zero-order valence-corrected chi connectivity index (χ0v) is 16.6. The van der Waals surface area contributed by atoms with Crippen molar-refractivity contribution in [1.29, 1.82) is 0 Å². The number of benzene rings is 1. The van der Waals surface area contributed by atoms with Gasteiger partial charge in [0.05, 0.1) is 11.7 Å². The van der Waals surface area contributed by atoms with Gasteiger partial charge in [-0.25, -0.2) is 0 Å². The molecule has 0 saturated heterocycles. The van der Waals surface area contributed by atoms with Crippen molar-refractivity contribution in [2.24, 2.45) is 0 Å². The fourth-order valence-electron chi connectivity index (χ4n) is 1.95. The number of aliphatic hydroxyl groups excluding tert-OH is 1. The van der Waals surface area contributed by atoms with E-state index in [1.54, 1.807) is 20.8 Å². The third-order valence-corrected chi connectivity index (χ3v) is 2.76. The number of carbonyl (C=O) groups is 1. The third-order valence-electron chi connectivity index (χ3n) is 2.76. The largest absolute Gasteiger partial charge is 0.393 e. The summed E-state index contributed by atoms with van der Waals surface area (Å²) in [6, 6.07) is 9.68. The van der Waals surface area contributed by atoms with Crippen LogP contribution in [0.4, 0.5) is 0 Å². The Labute approximate surface area is 153 Å². The lowest BCUT2D eigenvalue weighted by Crippen LogP contribution is -2.24. The molecule has 0 aromatic heterocycles. The minimum absolute atomic E-state index is 0.0370. The number of ether oxygens (including phenoxy) is 2. The van der Waals surface area contributed by atoms with E-state index < -0.39 is 11.7 Å². The highest BCUT2D eigenvalue weighted by molar-refractivity contribution is 5.54. The smallest absolute Gasteiger partial charge is 0.154 e. The normalized spacial score (nSPS) is 11.7. The van der Waals surface area contributed by atoms with Crippen LogP contribution in [0.2, 0.25) is 0 Å². The molecule has 0 saturated carbocycles. The maximum absolute atomic E-state index is 9.97. The molecule has 5 nitrogen and oxygen atoms in total. The lowest BCUT2D eigenvalue weighted by Gasteiger charge is -2.17. The number of carbonyl (C=O) groups excluding carboxylic acids is 1. The molecule has 0 aliphatic heterocycles. The summed E-state index contributed by atoms with van der Waals surface area (Å²) in [5, 5.41) is 17.8. The number of hydrogen-bond donors (Lipinski definition) is 2. The van der Waals surface area contributed by atoms with E-state index in [0.717, 1.165) is 25.1 Å². The molecule has 0 bridgehead atoms. The summed E-state index contributed by atoms with van der Waals surface area (Å²) in [6.07, 6.45) is 1.43.